The largest absolute Gasteiger partial charge is 0.496 e. The monoisotopic (exact) mass is 255 g/mol. The van der Waals surface area contributed by atoms with E-state index < -0.39 is 0 Å². The Kier molecular flexibility index (Phi) is 4.18. The highest BCUT2D eigenvalue weighted by molar-refractivity contribution is 5.83. The lowest BCUT2D eigenvalue weighted by molar-refractivity contribution is -0.117. The fraction of sp³-hybridized carbons (Fsp3) is 0.188. The van der Waals surface area contributed by atoms with Crippen molar-refractivity contribution in [3.63, 3.8) is 0 Å². The predicted molar refractivity (Wildman–Crippen MR) is 76.3 cm³/mol. The zero-order chi connectivity index (χ0) is 13.7. The molecule has 3 heteroatoms. The fourth-order valence-electron chi connectivity index (χ4n) is 1.99. The van der Waals surface area contributed by atoms with Crippen LogP contribution in [0.15, 0.2) is 48.5 Å². The van der Waals surface area contributed by atoms with E-state index in [0.717, 1.165) is 16.9 Å². The van der Waals surface area contributed by atoms with E-state index in [1.807, 2.05) is 48.5 Å². The number of nitrogens with two attached hydrogens (primary N) is 1. The maximum absolute atomic E-state index is 12.0. The minimum Gasteiger partial charge on any atom is -0.496 e. The molecule has 0 radical (unpaired) electrons. The minimum absolute atomic E-state index is 0.161. The lowest BCUT2D eigenvalue weighted by Crippen LogP contribution is -2.07. The van der Waals surface area contributed by atoms with Gasteiger partial charge in [-0.3, -0.25) is 4.79 Å². The Morgan fingerprint density at radius 2 is 1.74 bits per heavy atom. The van der Waals surface area contributed by atoms with Gasteiger partial charge >= 0.3 is 0 Å². The van der Waals surface area contributed by atoms with E-state index in [0.29, 0.717) is 18.5 Å². The Labute approximate surface area is 113 Å². The number of hydrogen-bond acceptors (Lipinski definition) is 3. The zero-order valence-corrected chi connectivity index (χ0v) is 10.9. The van der Waals surface area contributed by atoms with E-state index in [-0.39, 0.29) is 5.78 Å². The lowest BCUT2D eigenvalue weighted by atomic mass is 10.0. The number of methoxy groups -OCH3 is 1. The molecular formula is C16H17NO2. The summed E-state index contributed by atoms with van der Waals surface area (Å²) in [6.07, 6.45) is 0.798. The normalized spacial score (nSPS) is 10.2. The van der Waals surface area contributed by atoms with Crippen molar-refractivity contribution in [3.8, 4) is 5.75 Å². The van der Waals surface area contributed by atoms with Crippen molar-refractivity contribution in [1.29, 1.82) is 0 Å². The van der Waals surface area contributed by atoms with Gasteiger partial charge in [0.2, 0.25) is 0 Å². The Morgan fingerprint density at radius 1 is 1.05 bits per heavy atom. The Balaban J connectivity index is 2.03. The highest BCUT2D eigenvalue weighted by Gasteiger charge is 2.09. The number of carbonyl (C=O) groups is 1. The fourth-order valence-corrected chi connectivity index (χ4v) is 1.99. The summed E-state index contributed by atoms with van der Waals surface area (Å²) in [6, 6.07) is 15.0. The van der Waals surface area contributed by atoms with Gasteiger partial charge in [0.15, 0.2) is 0 Å². The molecule has 3 nitrogen and oxygen atoms in total. The molecule has 0 aliphatic rings. The van der Waals surface area contributed by atoms with Crippen LogP contribution in [0.3, 0.4) is 0 Å². The second-order valence-electron chi connectivity index (χ2n) is 4.45. The average Bonchev–Trinajstić information content (AvgIpc) is 2.42. The van der Waals surface area contributed by atoms with E-state index >= 15 is 0 Å². The summed E-state index contributed by atoms with van der Waals surface area (Å²) in [5, 5.41) is 0. The summed E-state index contributed by atoms with van der Waals surface area (Å²) < 4.78 is 5.24. The number of anilines is 1. The molecule has 0 saturated carbocycles. The third kappa shape index (κ3) is 3.58. The number of carbonyl (C=O) groups excluding carboxylic acids is 1. The second kappa shape index (κ2) is 6.05. The molecule has 2 aromatic rings. The molecule has 0 unspecified atom stereocenters. The number of ether oxygens (including phenoxy) is 1. The maximum atomic E-state index is 12.0. The van der Waals surface area contributed by atoms with Crippen molar-refractivity contribution in [2.24, 2.45) is 0 Å². The Hall–Kier alpha value is -2.29. The van der Waals surface area contributed by atoms with Crippen LogP contribution in [0.1, 0.15) is 11.1 Å². The second-order valence-corrected chi connectivity index (χ2v) is 4.45. The van der Waals surface area contributed by atoms with Crippen LogP contribution in [-0.2, 0) is 17.6 Å². The van der Waals surface area contributed by atoms with Gasteiger partial charge in [-0.1, -0.05) is 30.3 Å². The molecule has 0 amide bonds. The zero-order valence-electron chi connectivity index (χ0n) is 10.9. The summed E-state index contributed by atoms with van der Waals surface area (Å²) in [4.78, 5) is 12.0. The molecule has 2 aromatic carbocycles. The minimum atomic E-state index is 0.161. The van der Waals surface area contributed by atoms with Crippen LogP contribution in [0, 0.1) is 0 Å². The molecule has 0 fully saturated rings. The quantitative estimate of drug-likeness (QED) is 0.836. The third-order valence-electron chi connectivity index (χ3n) is 2.96. The molecule has 0 heterocycles. The molecule has 0 bridgehead atoms. The van der Waals surface area contributed by atoms with Gasteiger partial charge in [-0.25, -0.2) is 0 Å². The molecule has 0 aliphatic carbocycles. The number of nitrogen functional groups attached to an aromatic ring is 1. The van der Waals surface area contributed by atoms with Crippen LogP contribution in [0.4, 0.5) is 5.69 Å². The van der Waals surface area contributed by atoms with Crippen molar-refractivity contribution in [3.05, 3.63) is 59.7 Å². The standard InChI is InChI=1S/C16H17NO2/c1-19-16-5-3-2-4-13(16)11-15(18)10-12-6-8-14(17)9-7-12/h2-9H,10-11,17H2,1H3. The van der Waals surface area contributed by atoms with Crippen molar-refractivity contribution >= 4 is 11.5 Å². The SMILES string of the molecule is COc1ccccc1CC(=O)Cc1ccc(N)cc1. The first-order chi connectivity index (χ1) is 9.19. The number of Topliss-reactive ketones (excluding diaryl/α,β-unsaturated/α-hetero) is 1. The summed E-state index contributed by atoms with van der Waals surface area (Å²) in [5.74, 6) is 0.919. The molecule has 19 heavy (non-hydrogen) atoms. The van der Waals surface area contributed by atoms with E-state index in [4.69, 9.17) is 10.5 Å². The Bertz CT molecular complexity index is 561. The van der Waals surface area contributed by atoms with Gasteiger partial charge in [0.05, 0.1) is 7.11 Å². The molecular weight excluding hydrogens is 238 g/mol. The van der Waals surface area contributed by atoms with E-state index in [1.54, 1.807) is 7.11 Å². The van der Waals surface area contributed by atoms with Gasteiger partial charge in [0, 0.05) is 24.1 Å². The third-order valence-corrected chi connectivity index (χ3v) is 2.96. The summed E-state index contributed by atoms with van der Waals surface area (Å²) >= 11 is 0. The van der Waals surface area contributed by atoms with Crippen LogP contribution in [0.5, 0.6) is 5.75 Å². The topological polar surface area (TPSA) is 52.3 Å². The average molecular weight is 255 g/mol. The number of hydrogen-bond donors (Lipinski definition) is 1. The highest BCUT2D eigenvalue weighted by Crippen LogP contribution is 2.18. The molecule has 0 aliphatic heterocycles. The van der Waals surface area contributed by atoms with Crippen LogP contribution in [-0.4, -0.2) is 12.9 Å². The van der Waals surface area contributed by atoms with Crippen LogP contribution in [0.2, 0.25) is 0 Å². The van der Waals surface area contributed by atoms with Crippen LogP contribution >= 0.6 is 0 Å². The van der Waals surface area contributed by atoms with Crippen LogP contribution < -0.4 is 10.5 Å². The first-order valence-electron chi connectivity index (χ1n) is 6.17. The molecule has 0 atom stereocenters. The highest BCUT2D eigenvalue weighted by atomic mass is 16.5. The summed E-state index contributed by atoms with van der Waals surface area (Å²) in [5.41, 5.74) is 8.23. The van der Waals surface area contributed by atoms with Crippen molar-refractivity contribution < 1.29 is 9.53 Å². The first kappa shape index (κ1) is 13.1. The van der Waals surface area contributed by atoms with Crippen molar-refractivity contribution in [2.45, 2.75) is 12.8 Å². The van der Waals surface area contributed by atoms with Crippen molar-refractivity contribution in [1.82, 2.24) is 0 Å². The molecule has 2 rings (SSSR count). The number of ketones is 1. The van der Waals surface area contributed by atoms with Crippen molar-refractivity contribution in [2.75, 3.05) is 12.8 Å². The number of para-hydroxylation sites is 1. The van der Waals surface area contributed by atoms with Gasteiger partial charge in [-0.15, -0.1) is 0 Å². The van der Waals surface area contributed by atoms with Gasteiger partial charge in [-0.2, -0.15) is 0 Å². The van der Waals surface area contributed by atoms with Crippen LogP contribution in [0.25, 0.3) is 0 Å². The van der Waals surface area contributed by atoms with E-state index in [9.17, 15) is 4.79 Å². The first-order valence-corrected chi connectivity index (χ1v) is 6.17. The molecule has 0 spiro atoms. The molecule has 98 valence electrons. The summed E-state index contributed by atoms with van der Waals surface area (Å²) in [6.45, 7) is 0. The Morgan fingerprint density at radius 3 is 2.42 bits per heavy atom. The van der Waals surface area contributed by atoms with Gasteiger partial charge in [-0.05, 0) is 23.8 Å². The number of rotatable bonds is 5. The predicted octanol–water partition coefficient (Wildman–Crippen LogP) is 2.63. The maximum Gasteiger partial charge on any atom is 0.141 e. The molecule has 2 N–H and O–H groups in total. The van der Waals surface area contributed by atoms with Gasteiger partial charge < -0.3 is 10.5 Å². The molecule has 0 aromatic heterocycles. The smallest absolute Gasteiger partial charge is 0.141 e. The van der Waals surface area contributed by atoms with Gasteiger partial charge in [0.25, 0.3) is 0 Å². The van der Waals surface area contributed by atoms with E-state index in [1.165, 1.54) is 0 Å². The number of benzene rings is 2. The van der Waals surface area contributed by atoms with Gasteiger partial charge in [0.1, 0.15) is 11.5 Å². The van der Waals surface area contributed by atoms with E-state index in [2.05, 4.69) is 0 Å². The molecule has 0 saturated heterocycles. The summed E-state index contributed by atoms with van der Waals surface area (Å²) in [7, 11) is 1.61. The lowest BCUT2D eigenvalue weighted by Gasteiger charge is -2.07.